The van der Waals surface area contributed by atoms with Crippen LogP contribution in [0.25, 0.3) is 0 Å². The molecule has 0 atom stereocenters. The number of benzene rings is 1. The zero-order chi connectivity index (χ0) is 20.4. The first-order valence-corrected chi connectivity index (χ1v) is 9.69. The van der Waals surface area contributed by atoms with Crippen molar-refractivity contribution in [1.29, 1.82) is 0 Å². The van der Waals surface area contributed by atoms with Gasteiger partial charge >= 0.3 is 16.2 Å². The average Bonchev–Trinajstić information content (AvgIpc) is 2.91. The number of ether oxygens (including phenoxy) is 1. The summed E-state index contributed by atoms with van der Waals surface area (Å²) >= 11 is 11.7. The smallest absolute Gasteiger partial charge is 0.404 e. The number of carbonyl (C=O) groups is 1. The lowest BCUT2D eigenvalue weighted by Gasteiger charge is -2.12. The van der Waals surface area contributed by atoms with Crippen molar-refractivity contribution in [3.63, 3.8) is 0 Å². The number of aromatic nitrogens is 2. The summed E-state index contributed by atoms with van der Waals surface area (Å²) in [5.41, 5.74) is 4.94. The first kappa shape index (κ1) is 21.3. The Bertz CT molecular complexity index is 942. The number of rotatable bonds is 7. The number of amides is 1. The molecule has 0 fully saturated rings. The number of nitrogens with two attached hydrogens (primary N) is 1. The molecule has 2 rings (SSSR count). The molecule has 1 amide bonds. The number of primary amides is 1. The summed E-state index contributed by atoms with van der Waals surface area (Å²) in [6.07, 6.45) is -1.11. The second kappa shape index (κ2) is 8.32. The predicted molar refractivity (Wildman–Crippen MR) is 96.1 cm³/mol. The first-order valence-electron chi connectivity index (χ1n) is 7.53. The number of carbonyl (C=O) groups excluding carboxylic acids is 1. The highest BCUT2D eigenvalue weighted by molar-refractivity contribution is 7.87. The lowest BCUT2D eigenvalue weighted by molar-refractivity contribution is 0.143. The Kier molecular flexibility index (Phi) is 6.55. The summed E-state index contributed by atoms with van der Waals surface area (Å²) in [6, 6.07) is 3.88. The van der Waals surface area contributed by atoms with Crippen LogP contribution in [0, 0.1) is 0 Å². The molecule has 148 valence electrons. The Balaban J connectivity index is 2.54. The highest BCUT2D eigenvalue weighted by atomic mass is 35.5. The van der Waals surface area contributed by atoms with Gasteiger partial charge in [0.1, 0.15) is 5.75 Å². The summed E-state index contributed by atoms with van der Waals surface area (Å²) in [7, 11) is -4.51. The molecular formula is C15H16Cl2FN3O5S. The second-order valence-electron chi connectivity index (χ2n) is 5.67. The van der Waals surface area contributed by atoms with Crippen LogP contribution >= 0.6 is 23.2 Å². The fourth-order valence-corrected chi connectivity index (χ4v) is 4.15. The predicted octanol–water partition coefficient (Wildman–Crippen LogP) is 3.60. The third kappa shape index (κ3) is 5.02. The molecule has 8 nitrogen and oxygen atoms in total. The molecule has 1 heterocycles. The molecule has 2 N–H and O–H groups in total. The molecule has 1 aromatic carbocycles. The molecule has 12 heteroatoms. The minimum Gasteiger partial charge on any atom is -0.442 e. The summed E-state index contributed by atoms with van der Waals surface area (Å²) in [6.45, 7) is 1.58. The lowest BCUT2D eigenvalue weighted by atomic mass is 10.2. The molecule has 0 aliphatic heterocycles. The number of hydrogen-bond acceptors (Lipinski definition) is 6. The van der Waals surface area contributed by atoms with Gasteiger partial charge in [-0.2, -0.15) is 8.42 Å². The Labute approximate surface area is 165 Å². The minimum atomic E-state index is -4.51. The van der Waals surface area contributed by atoms with Crippen LogP contribution in [0.15, 0.2) is 23.2 Å². The van der Waals surface area contributed by atoms with Crippen molar-refractivity contribution in [2.45, 2.75) is 38.2 Å². The molecule has 0 unspecified atom stereocenters. The van der Waals surface area contributed by atoms with Gasteiger partial charge in [-0.3, -0.25) is 4.57 Å². The maximum atomic E-state index is 13.6. The molecule has 0 aliphatic rings. The number of hydrogen-bond donors (Lipinski definition) is 1. The molecule has 0 bridgehead atoms. The normalized spacial score (nSPS) is 11.6. The van der Waals surface area contributed by atoms with Crippen molar-refractivity contribution >= 4 is 39.4 Å². The van der Waals surface area contributed by atoms with E-state index in [-0.39, 0.29) is 27.3 Å². The molecule has 0 aliphatic carbocycles. The standard InChI is InChI=1S/C15H16Cl2FN3O5S/c1-8(2)13-14(21(7-18)12(20-13)6-25-15(19)22)27(23,24)26-11-4-9(16)3-10(17)5-11/h3-5,8H,6-7H2,1-2H3,(H2,19,22). The van der Waals surface area contributed by atoms with E-state index in [1.165, 1.54) is 18.2 Å². The fourth-order valence-electron chi connectivity index (χ4n) is 2.25. The van der Waals surface area contributed by atoms with E-state index in [1.807, 2.05) is 0 Å². The largest absolute Gasteiger partial charge is 0.442 e. The van der Waals surface area contributed by atoms with Crippen molar-refractivity contribution in [1.82, 2.24) is 9.55 Å². The van der Waals surface area contributed by atoms with E-state index < -0.39 is 40.6 Å². The van der Waals surface area contributed by atoms with Crippen molar-refractivity contribution in [2.75, 3.05) is 0 Å². The molecule has 0 saturated carbocycles. The highest BCUT2D eigenvalue weighted by Crippen LogP contribution is 2.30. The van der Waals surface area contributed by atoms with Crippen molar-refractivity contribution in [3.05, 3.63) is 39.8 Å². The van der Waals surface area contributed by atoms with Crippen molar-refractivity contribution in [2.24, 2.45) is 5.73 Å². The van der Waals surface area contributed by atoms with Crippen LogP contribution in [-0.2, 0) is 28.3 Å². The molecular weight excluding hydrogens is 424 g/mol. The summed E-state index contributed by atoms with van der Waals surface area (Å²) in [4.78, 5) is 14.9. The molecule has 0 saturated heterocycles. The van der Waals surface area contributed by atoms with E-state index in [0.717, 1.165) is 4.57 Å². The lowest BCUT2D eigenvalue weighted by Crippen LogP contribution is -2.19. The van der Waals surface area contributed by atoms with Gasteiger partial charge < -0.3 is 14.7 Å². The van der Waals surface area contributed by atoms with E-state index in [2.05, 4.69) is 9.72 Å². The zero-order valence-electron chi connectivity index (χ0n) is 14.3. The third-order valence-electron chi connectivity index (χ3n) is 3.31. The number of nitrogens with zero attached hydrogens (tertiary/aromatic N) is 2. The topological polar surface area (TPSA) is 114 Å². The molecule has 1 aromatic heterocycles. The van der Waals surface area contributed by atoms with Gasteiger partial charge in [-0.15, -0.1) is 0 Å². The second-order valence-corrected chi connectivity index (χ2v) is 8.01. The Morgan fingerprint density at radius 1 is 1.30 bits per heavy atom. The Morgan fingerprint density at radius 3 is 2.37 bits per heavy atom. The highest BCUT2D eigenvalue weighted by Gasteiger charge is 2.32. The van der Waals surface area contributed by atoms with Crippen LogP contribution in [0.1, 0.15) is 31.3 Å². The molecule has 2 aromatic rings. The van der Waals surface area contributed by atoms with Crippen LogP contribution in [0.4, 0.5) is 9.18 Å². The van der Waals surface area contributed by atoms with Crippen LogP contribution in [0.3, 0.4) is 0 Å². The van der Waals surface area contributed by atoms with Crippen LogP contribution in [-0.4, -0.2) is 24.1 Å². The minimum absolute atomic E-state index is 0.0452. The van der Waals surface area contributed by atoms with Gasteiger partial charge in [0.25, 0.3) is 0 Å². The van der Waals surface area contributed by atoms with Gasteiger partial charge in [0.15, 0.2) is 24.3 Å². The van der Waals surface area contributed by atoms with E-state index in [4.69, 9.17) is 33.1 Å². The van der Waals surface area contributed by atoms with E-state index in [1.54, 1.807) is 13.8 Å². The maximum absolute atomic E-state index is 13.6. The summed E-state index contributed by atoms with van der Waals surface area (Å²) in [5, 5.41) is -0.183. The van der Waals surface area contributed by atoms with E-state index >= 15 is 0 Å². The average molecular weight is 440 g/mol. The number of imidazole rings is 1. The molecule has 0 spiro atoms. The van der Waals surface area contributed by atoms with Crippen LogP contribution in [0.5, 0.6) is 5.75 Å². The van der Waals surface area contributed by atoms with Gasteiger partial charge in [0.05, 0.1) is 5.69 Å². The van der Waals surface area contributed by atoms with Crippen molar-refractivity contribution < 1.29 is 26.5 Å². The number of halogens is 3. The Hall–Kier alpha value is -2.04. The summed E-state index contributed by atoms with van der Waals surface area (Å²) < 4.78 is 49.7. The van der Waals surface area contributed by atoms with Gasteiger partial charge in [-0.05, 0) is 12.0 Å². The monoisotopic (exact) mass is 439 g/mol. The summed E-state index contributed by atoms with van der Waals surface area (Å²) in [5.74, 6) is -0.684. The fraction of sp³-hybridized carbons (Fsp3) is 0.333. The SMILES string of the molecule is CC(C)c1nc(COC(N)=O)n(CF)c1S(=O)(=O)Oc1cc(Cl)cc(Cl)c1. The van der Waals surface area contributed by atoms with Gasteiger partial charge in [-0.1, -0.05) is 37.0 Å². The van der Waals surface area contributed by atoms with Gasteiger partial charge in [-0.25, -0.2) is 14.2 Å². The van der Waals surface area contributed by atoms with Crippen LogP contribution in [0.2, 0.25) is 10.0 Å². The van der Waals surface area contributed by atoms with E-state index in [0.29, 0.717) is 0 Å². The molecule has 27 heavy (non-hydrogen) atoms. The van der Waals surface area contributed by atoms with E-state index in [9.17, 15) is 17.6 Å². The first-order chi connectivity index (χ1) is 12.5. The maximum Gasteiger partial charge on any atom is 0.404 e. The van der Waals surface area contributed by atoms with Gasteiger partial charge in [0.2, 0.25) is 0 Å². The molecule has 0 radical (unpaired) electrons. The van der Waals surface area contributed by atoms with Gasteiger partial charge in [0, 0.05) is 22.2 Å². The third-order valence-corrected chi connectivity index (χ3v) is 5.07. The Morgan fingerprint density at radius 2 is 1.89 bits per heavy atom. The van der Waals surface area contributed by atoms with Crippen LogP contribution < -0.4 is 9.92 Å². The number of alkyl halides is 1. The quantitative estimate of drug-likeness (QED) is 0.659. The van der Waals surface area contributed by atoms with Crippen molar-refractivity contribution in [3.8, 4) is 5.75 Å². The zero-order valence-corrected chi connectivity index (χ0v) is 16.6.